The van der Waals surface area contributed by atoms with Gasteiger partial charge in [0.1, 0.15) is 0 Å². The lowest BCUT2D eigenvalue weighted by atomic mass is 10.0. The van der Waals surface area contributed by atoms with E-state index in [1.54, 1.807) is 44.2 Å². The molecule has 1 amide bonds. The van der Waals surface area contributed by atoms with Gasteiger partial charge in [0.05, 0.1) is 24.3 Å². The van der Waals surface area contributed by atoms with Crippen LogP contribution in [-0.4, -0.2) is 48.0 Å². The molecule has 0 bridgehead atoms. The molecule has 0 radical (unpaired) electrons. The molecule has 2 aromatic carbocycles. The highest BCUT2D eigenvalue weighted by Gasteiger charge is 2.39. The van der Waals surface area contributed by atoms with Gasteiger partial charge in [-0.2, -0.15) is 8.78 Å². The molecule has 1 fully saturated rings. The minimum Gasteiger partial charge on any atom is -0.459 e. The van der Waals surface area contributed by atoms with Gasteiger partial charge in [0, 0.05) is 23.0 Å². The largest absolute Gasteiger partial charge is 0.459 e. The number of carbonyl (C=O) groups is 3. The normalized spacial score (nSPS) is 16.5. The van der Waals surface area contributed by atoms with E-state index < -0.39 is 35.4 Å². The Morgan fingerprint density at radius 2 is 1.94 bits per heavy atom. The zero-order valence-electron chi connectivity index (χ0n) is 19.4. The maximum absolute atomic E-state index is 14.6. The molecule has 1 unspecified atom stereocenters. The van der Waals surface area contributed by atoms with Crippen molar-refractivity contribution in [3.63, 3.8) is 0 Å². The Morgan fingerprint density at radius 3 is 2.60 bits per heavy atom. The predicted octanol–water partition coefficient (Wildman–Crippen LogP) is 5.69. The molecule has 2 aromatic rings. The van der Waals surface area contributed by atoms with Crippen LogP contribution in [-0.2, 0) is 26.6 Å². The topological polar surface area (TPSA) is 72.9 Å². The van der Waals surface area contributed by atoms with Gasteiger partial charge in [-0.25, -0.2) is 9.59 Å². The van der Waals surface area contributed by atoms with E-state index in [2.05, 4.69) is 15.9 Å². The minimum absolute atomic E-state index is 0.132. The Hall–Kier alpha value is -3.07. The first-order chi connectivity index (χ1) is 16.6. The second kappa shape index (κ2) is 11.6. The number of cyclic esters (lactones) is 1. The number of ketones is 1. The number of nitrogens with zero attached hydrogens (tertiary/aromatic N) is 1. The molecule has 186 valence electrons. The summed E-state index contributed by atoms with van der Waals surface area (Å²) < 4.78 is 40.0. The van der Waals surface area contributed by atoms with Gasteiger partial charge < -0.3 is 14.4 Å². The highest BCUT2D eigenvalue weighted by molar-refractivity contribution is 9.10. The molecule has 0 spiro atoms. The maximum atomic E-state index is 14.6. The third-order valence-corrected chi connectivity index (χ3v) is 5.91. The van der Waals surface area contributed by atoms with Crippen LogP contribution in [0, 0.1) is 0 Å². The molecule has 35 heavy (non-hydrogen) atoms. The van der Waals surface area contributed by atoms with E-state index in [4.69, 9.17) is 9.47 Å². The third-order valence-electron chi connectivity index (χ3n) is 5.41. The lowest BCUT2D eigenvalue weighted by Gasteiger charge is -2.33. The molecule has 3 rings (SSSR count). The van der Waals surface area contributed by atoms with Crippen LogP contribution in [0.3, 0.4) is 0 Å². The summed E-state index contributed by atoms with van der Waals surface area (Å²) in [6.07, 6.45) is 2.19. The molecule has 0 saturated carbocycles. The van der Waals surface area contributed by atoms with Gasteiger partial charge in [0.2, 0.25) is 5.78 Å². The summed E-state index contributed by atoms with van der Waals surface area (Å²) in [7, 11) is 0. The summed E-state index contributed by atoms with van der Waals surface area (Å²) in [5, 5.41) is 0. The maximum Gasteiger partial charge on any atom is 0.410 e. The van der Waals surface area contributed by atoms with Crippen LogP contribution in [0.2, 0.25) is 0 Å². The smallest absolute Gasteiger partial charge is 0.410 e. The fourth-order valence-electron chi connectivity index (χ4n) is 3.57. The molecule has 1 aliphatic heterocycles. The van der Waals surface area contributed by atoms with Crippen LogP contribution in [0.4, 0.5) is 13.6 Å². The van der Waals surface area contributed by atoms with Crippen molar-refractivity contribution in [1.29, 1.82) is 0 Å². The predicted molar refractivity (Wildman–Crippen MR) is 129 cm³/mol. The standard InChI is InChI=1S/C26H26BrF2NO5/c1-17(2)35-24(32)19-8-6-18(7-9-19)12-14-30-22(13-15-34-25(30)33)10-11-23(31)26(28,29)20-4-3-5-21(27)16-20/h3-11,16-17,22H,12-15H2,1-2H3. The lowest BCUT2D eigenvalue weighted by Crippen LogP contribution is -2.45. The molecule has 1 heterocycles. The monoisotopic (exact) mass is 549 g/mol. The van der Waals surface area contributed by atoms with E-state index in [-0.39, 0.29) is 19.3 Å². The molecule has 1 atom stereocenters. The third kappa shape index (κ3) is 6.97. The SMILES string of the molecule is CC(C)OC(=O)c1ccc(CCN2C(=O)OCCC2C=CC(=O)C(F)(F)c2cccc(Br)c2)cc1. The number of ether oxygens (including phenoxy) is 2. The number of amides is 1. The highest BCUT2D eigenvalue weighted by atomic mass is 79.9. The van der Waals surface area contributed by atoms with Crippen LogP contribution in [0.5, 0.6) is 0 Å². The summed E-state index contributed by atoms with van der Waals surface area (Å²) >= 11 is 3.13. The molecule has 1 aliphatic rings. The van der Waals surface area contributed by atoms with Gasteiger partial charge in [-0.15, -0.1) is 0 Å². The Bertz CT molecular complexity index is 1100. The van der Waals surface area contributed by atoms with E-state index in [1.807, 2.05) is 0 Å². The second-order valence-electron chi connectivity index (χ2n) is 8.37. The number of hydrogen-bond donors (Lipinski definition) is 0. The zero-order valence-corrected chi connectivity index (χ0v) is 21.0. The van der Waals surface area contributed by atoms with Crippen molar-refractivity contribution in [2.24, 2.45) is 0 Å². The summed E-state index contributed by atoms with van der Waals surface area (Å²) in [5.74, 6) is -5.47. The molecule has 0 aliphatic carbocycles. The molecule has 0 aromatic heterocycles. The number of benzene rings is 2. The summed E-state index contributed by atoms with van der Waals surface area (Å²) in [6, 6.07) is 11.7. The number of hydrogen-bond acceptors (Lipinski definition) is 5. The van der Waals surface area contributed by atoms with Crippen molar-refractivity contribution >= 4 is 33.8 Å². The molecule has 6 nitrogen and oxygen atoms in total. The van der Waals surface area contributed by atoms with Gasteiger partial charge in [-0.3, -0.25) is 4.79 Å². The second-order valence-corrected chi connectivity index (χ2v) is 9.29. The Kier molecular flexibility index (Phi) is 8.77. The fourth-order valence-corrected chi connectivity index (χ4v) is 3.97. The van der Waals surface area contributed by atoms with Crippen LogP contribution < -0.4 is 0 Å². The van der Waals surface area contributed by atoms with Crippen molar-refractivity contribution in [1.82, 2.24) is 4.90 Å². The number of alkyl halides is 2. The van der Waals surface area contributed by atoms with E-state index in [0.29, 0.717) is 22.9 Å². The minimum atomic E-state index is -3.70. The number of halogens is 3. The summed E-state index contributed by atoms with van der Waals surface area (Å²) in [5.41, 5.74) is 0.872. The van der Waals surface area contributed by atoms with Crippen molar-refractivity contribution < 1.29 is 32.6 Å². The average Bonchev–Trinajstić information content (AvgIpc) is 2.81. The molecule has 1 saturated heterocycles. The van der Waals surface area contributed by atoms with Gasteiger partial charge in [0.15, 0.2) is 0 Å². The average molecular weight is 550 g/mol. The number of esters is 1. The number of carbonyl (C=O) groups excluding carboxylic acids is 3. The molecule has 0 N–H and O–H groups in total. The quantitative estimate of drug-likeness (QED) is 0.297. The van der Waals surface area contributed by atoms with Gasteiger partial charge in [0.25, 0.3) is 0 Å². The van der Waals surface area contributed by atoms with Crippen LogP contribution >= 0.6 is 15.9 Å². The highest BCUT2D eigenvalue weighted by Crippen LogP contribution is 2.31. The van der Waals surface area contributed by atoms with Crippen molar-refractivity contribution in [2.75, 3.05) is 13.2 Å². The molecular formula is C26H26BrF2NO5. The Labute approximate surface area is 211 Å². The van der Waals surface area contributed by atoms with Crippen LogP contribution in [0.25, 0.3) is 0 Å². The lowest BCUT2D eigenvalue weighted by molar-refractivity contribution is -0.139. The fraction of sp³-hybridized carbons (Fsp3) is 0.346. The first-order valence-corrected chi connectivity index (χ1v) is 12.0. The Morgan fingerprint density at radius 1 is 1.23 bits per heavy atom. The Balaban J connectivity index is 1.65. The van der Waals surface area contributed by atoms with E-state index >= 15 is 0 Å². The molecular weight excluding hydrogens is 524 g/mol. The van der Waals surface area contributed by atoms with Crippen molar-refractivity contribution in [3.8, 4) is 0 Å². The van der Waals surface area contributed by atoms with Gasteiger partial charge in [-0.05, 0) is 56.2 Å². The first kappa shape index (κ1) is 26.5. The first-order valence-electron chi connectivity index (χ1n) is 11.2. The van der Waals surface area contributed by atoms with E-state index in [9.17, 15) is 23.2 Å². The van der Waals surface area contributed by atoms with Gasteiger partial charge in [-0.1, -0.05) is 46.3 Å². The van der Waals surface area contributed by atoms with Gasteiger partial charge >= 0.3 is 18.0 Å². The molecule has 9 heteroatoms. The van der Waals surface area contributed by atoms with E-state index in [1.165, 1.54) is 29.2 Å². The van der Waals surface area contributed by atoms with Crippen molar-refractivity contribution in [3.05, 3.63) is 81.8 Å². The zero-order chi connectivity index (χ0) is 25.6. The summed E-state index contributed by atoms with van der Waals surface area (Å²) in [4.78, 5) is 38.0. The van der Waals surface area contributed by atoms with Crippen LogP contribution in [0.1, 0.15) is 41.8 Å². The van der Waals surface area contributed by atoms with Crippen molar-refractivity contribution in [2.45, 2.75) is 44.8 Å². The number of rotatable bonds is 9. The van der Waals surface area contributed by atoms with E-state index in [0.717, 1.165) is 11.6 Å². The van der Waals surface area contributed by atoms with Crippen LogP contribution in [0.15, 0.2) is 65.2 Å². The summed E-state index contributed by atoms with van der Waals surface area (Å²) in [6.45, 7) is 3.92. The number of allylic oxidation sites excluding steroid dienone is 1.